The molecule has 0 bridgehead atoms. The molecule has 1 aliphatic rings. The number of Topliss-reactive ketones (excluding diaryl/α,β-unsaturated/α-hetero) is 1. The molecule has 94 valence electrons. The second-order valence-corrected chi connectivity index (χ2v) is 5.77. The van der Waals surface area contributed by atoms with E-state index in [1.165, 1.54) is 0 Å². The van der Waals surface area contributed by atoms with E-state index in [1.54, 1.807) is 17.8 Å². The van der Waals surface area contributed by atoms with Crippen molar-refractivity contribution >= 4 is 41.6 Å². The number of rotatable bonds is 2. The predicted molar refractivity (Wildman–Crippen MR) is 75.8 cm³/mol. The van der Waals surface area contributed by atoms with Crippen LogP contribution in [-0.4, -0.2) is 37.1 Å². The first-order chi connectivity index (χ1) is 7.58. The number of fused-ring (bicyclic) bond motifs is 1. The van der Waals surface area contributed by atoms with Crippen molar-refractivity contribution in [2.75, 3.05) is 26.4 Å². The largest absolute Gasteiger partial charge is 0.309 e. The maximum Gasteiger partial charge on any atom is 0.169 e. The molecular weight excluding hydrogens is 277 g/mol. The fraction of sp³-hybridized carbons (Fsp3) is 0.417. The van der Waals surface area contributed by atoms with Gasteiger partial charge < -0.3 is 4.90 Å². The molecule has 1 atom stereocenters. The van der Waals surface area contributed by atoms with E-state index in [9.17, 15) is 4.79 Å². The molecule has 0 spiro atoms. The summed E-state index contributed by atoms with van der Waals surface area (Å²) in [7, 11) is 3.98. The Morgan fingerprint density at radius 3 is 2.82 bits per heavy atom. The summed E-state index contributed by atoms with van der Waals surface area (Å²) in [6.45, 7) is 0.803. The van der Waals surface area contributed by atoms with E-state index in [-0.39, 0.29) is 24.1 Å². The fourth-order valence-corrected chi connectivity index (χ4v) is 3.17. The summed E-state index contributed by atoms with van der Waals surface area (Å²) in [5, 5.41) is 0.637. The molecule has 0 aromatic heterocycles. The molecule has 0 aliphatic carbocycles. The first-order valence-electron chi connectivity index (χ1n) is 5.19. The highest BCUT2D eigenvalue weighted by Crippen LogP contribution is 2.34. The number of halogens is 2. The van der Waals surface area contributed by atoms with Crippen molar-refractivity contribution in [2.45, 2.75) is 4.90 Å². The fourth-order valence-electron chi connectivity index (χ4n) is 1.88. The van der Waals surface area contributed by atoms with Crippen molar-refractivity contribution in [3.05, 3.63) is 28.8 Å². The summed E-state index contributed by atoms with van der Waals surface area (Å²) >= 11 is 7.67. The minimum absolute atomic E-state index is 0. The Bertz CT molecular complexity index is 423. The topological polar surface area (TPSA) is 20.3 Å². The second-order valence-electron chi connectivity index (χ2n) is 4.27. The molecular formula is C12H15Cl2NOS. The monoisotopic (exact) mass is 291 g/mol. The lowest BCUT2D eigenvalue weighted by molar-refractivity contribution is 0.0907. The maximum absolute atomic E-state index is 12.2. The zero-order chi connectivity index (χ0) is 11.7. The second kappa shape index (κ2) is 6.10. The normalized spacial score (nSPS) is 18.8. The molecule has 5 heteroatoms. The maximum atomic E-state index is 12.2. The van der Waals surface area contributed by atoms with Crippen LogP contribution in [0.1, 0.15) is 10.4 Å². The lowest BCUT2D eigenvalue weighted by atomic mass is 9.98. The molecule has 0 radical (unpaired) electrons. The first-order valence-corrected chi connectivity index (χ1v) is 6.55. The van der Waals surface area contributed by atoms with Gasteiger partial charge in [0.15, 0.2) is 5.78 Å². The highest BCUT2D eigenvalue weighted by atomic mass is 35.5. The SMILES string of the molecule is CN(C)CC1CSc2ccc(Cl)cc2C1=O.Cl. The lowest BCUT2D eigenvalue weighted by Gasteiger charge is -2.25. The van der Waals surface area contributed by atoms with Crippen molar-refractivity contribution in [3.63, 3.8) is 0 Å². The summed E-state index contributed by atoms with van der Waals surface area (Å²) in [5.74, 6) is 1.18. The lowest BCUT2D eigenvalue weighted by Crippen LogP contribution is -2.32. The molecule has 1 aromatic rings. The molecule has 0 amide bonds. The average Bonchev–Trinajstić information content (AvgIpc) is 2.22. The Morgan fingerprint density at radius 1 is 1.47 bits per heavy atom. The molecule has 1 heterocycles. The number of hydrogen-bond acceptors (Lipinski definition) is 3. The Hall–Kier alpha value is -0.220. The van der Waals surface area contributed by atoms with Crippen LogP contribution in [0.2, 0.25) is 5.02 Å². The Kier molecular flexibility index (Phi) is 5.32. The van der Waals surface area contributed by atoms with Gasteiger partial charge in [-0.05, 0) is 32.3 Å². The molecule has 0 fully saturated rings. The third kappa shape index (κ3) is 3.38. The molecule has 1 aliphatic heterocycles. The third-order valence-corrected chi connectivity index (χ3v) is 4.07. The van der Waals surface area contributed by atoms with Crippen LogP contribution in [0.3, 0.4) is 0 Å². The minimum Gasteiger partial charge on any atom is -0.309 e. The van der Waals surface area contributed by atoms with Gasteiger partial charge in [-0.1, -0.05) is 11.6 Å². The van der Waals surface area contributed by atoms with Gasteiger partial charge >= 0.3 is 0 Å². The van der Waals surface area contributed by atoms with Gasteiger partial charge in [-0.3, -0.25) is 4.79 Å². The van der Waals surface area contributed by atoms with Gasteiger partial charge in [0.25, 0.3) is 0 Å². The van der Waals surface area contributed by atoms with Crippen LogP contribution in [0, 0.1) is 5.92 Å². The quantitative estimate of drug-likeness (QED) is 0.834. The van der Waals surface area contributed by atoms with Gasteiger partial charge in [-0.25, -0.2) is 0 Å². The summed E-state index contributed by atoms with van der Waals surface area (Å²) in [4.78, 5) is 15.3. The summed E-state index contributed by atoms with van der Waals surface area (Å²) in [6, 6.07) is 5.56. The number of carbonyl (C=O) groups is 1. The number of nitrogens with zero attached hydrogens (tertiary/aromatic N) is 1. The average molecular weight is 292 g/mol. The summed E-state index contributed by atoms with van der Waals surface area (Å²) < 4.78 is 0. The smallest absolute Gasteiger partial charge is 0.169 e. The number of hydrogen-bond donors (Lipinski definition) is 0. The van der Waals surface area contributed by atoms with Crippen molar-refractivity contribution in [1.82, 2.24) is 4.90 Å². The van der Waals surface area contributed by atoms with E-state index in [1.807, 2.05) is 26.2 Å². The molecule has 0 saturated heterocycles. The Labute approximate surface area is 117 Å². The van der Waals surface area contributed by atoms with Crippen LogP contribution in [-0.2, 0) is 0 Å². The highest BCUT2D eigenvalue weighted by molar-refractivity contribution is 7.99. The van der Waals surface area contributed by atoms with Gasteiger partial charge in [0.1, 0.15) is 0 Å². The molecule has 0 saturated carbocycles. The molecule has 1 aromatic carbocycles. The zero-order valence-corrected chi connectivity index (χ0v) is 12.2. The van der Waals surface area contributed by atoms with Crippen molar-refractivity contribution in [1.29, 1.82) is 0 Å². The standard InChI is InChI=1S/C12H14ClNOS.ClH/c1-14(2)6-8-7-16-11-4-3-9(13)5-10(11)12(8)15;/h3-5,8H,6-7H2,1-2H3;1H. The molecule has 1 unspecified atom stereocenters. The van der Waals surface area contributed by atoms with Gasteiger partial charge in [-0.2, -0.15) is 0 Å². The Morgan fingerprint density at radius 2 is 2.18 bits per heavy atom. The number of carbonyl (C=O) groups excluding carboxylic acids is 1. The summed E-state index contributed by atoms with van der Waals surface area (Å²) in [5.41, 5.74) is 0.788. The highest BCUT2D eigenvalue weighted by Gasteiger charge is 2.28. The van der Waals surface area contributed by atoms with Crippen LogP contribution in [0.15, 0.2) is 23.1 Å². The first kappa shape index (κ1) is 14.8. The van der Waals surface area contributed by atoms with Crippen LogP contribution >= 0.6 is 35.8 Å². The number of ketones is 1. The predicted octanol–water partition coefficient (Wildman–Crippen LogP) is 3.23. The van der Waals surface area contributed by atoms with Crippen molar-refractivity contribution < 1.29 is 4.79 Å². The van der Waals surface area contributed by atoms with E-state index in [0.717, 1.165) is 22.8 Å². The summed E-state index contributed by atoms with van der Waals surface area (Å²) in [6.07, 6.45) is 0. The van der Waals surface area contributed by atoms with E-state index >= 15 is 0 Å². The third-order valence-electron chi connectivity index (χ3n) is 2.60. The number of benzene rings is 1. The van der Waals surface area contributed by atoms with Gasteiger partial charge in [0.05, 0.1) is 0 Å². The molecule has 0 N–H and O–H groups in total. The van der Waals surface area contributed by atoms with Crippen molar-refractivity contribution in [2.24, 2.45) is 5.92 Å². The van der Waals surface area contributed by atoms with Crippen LogP contribution in [0.5, 0.6) is 0 Å². The molecule has 2 rings (SSSR count). The molecule has 2 nitrogen and oxygen atoms in total. The minimum atomic E-state index is 0. The molecule has 17 heavy (non-hydrogen) atoms. The van der Waals surface area contributed by atoms with E-state index in [4.69, 9.17) is 11.6 Å². The van der Waals surface area contributed by atoms with Gasteiger partial charge in [-0.15, -0.1) is 24.2 Å². The number of thioether (sulfide) groups is 1. The van der Waals surface area contributed by atoms with Crippen LogP contribution in [0.4, 0.5) is 0 Å². The van der Waals surface area contributed by atoms with Crippen LogP contribution in [0.25, 0.3) is 0 Å². The van der Waals surface area contributed by atoms with E-state index in [0.29, 0.717) is 5.02 Å². The zero-order valence-electron chi connectivity index (χ0n) is 9.77. The van der Waals surface area contributed by atoms with Crippen molar-refractivity contribution in [3.8, 4) is 0 Å². The van der Waals surface area contributed by atoms with Gasteiger partial charge in [0, 0.05) is 33.7 Å². The van der Waals surface area contributed by atoms with Crippen LogP contribution < -0.4 is 0 Å². The Balaban J connectivity index is 0.00000144. The van der Waals surface area contributed by atoms with E-state index in [2.05, 4.69) is 4.90 Å². The van der Waals surface area contributed by atoms with E-state index < -0.39 is 0 Å². The van der Waals surface area contributed by atoms with Gasteiger partial charge in [0.2, 0.25) is 0 Å².